The number of aromatic nitrogens is 2. The average Bonchev–Trinajstić information content (AvgIpc) is 3.15. The van der Waals surface area contributed by atoms with Gasteiger partial charge in [-0.1, -0.05) is 24.3 Å². The summed E-state index contributed by atoms with van der Waals surface area (Å²) in [5.74, 6) is -0.403. The number of hydrogen-bond donors (Lipinski definition) is 1. The second-order valence-electron chi connectivity index (χ2n) is 6.84. The van der Waals surface area contributed by atoms with Gasteiger partial charge in [0.2, 0.25) is 0 Å². The molecule has 2 aromatic heterocycles. The fraction of sp³-hybridized carbons (Fsp3) is 0.0909. The molecule has 0 radical (unpaired) electrons. The molecule has 7 nitrogen and oxygen atoms in total. The highest BCUT2D eigenvalue weighted by Gasteiger charge is 2.14. The maximum Gasteiger partial charge on any atom is 0.270 e. The lowest BCUT2D eigenvalue weighted by atomic mass is 10.1. The lowest BCUT2D eigenvalue weighted by Gasteiger charge is -2.10. The highest BCUT2D eigenvalue weighted by molar-refractivity contribution is 6.05. The molecule has 4 rings (SSSR count). The molecule has 1 N–H and O–H groups in total. The molecule has 0 atom stereocenters. The van der Waals surface area contributed by atoms with Gasteiger partial charge in [0.15, 0.2) is 0 Å². The fourth-order valence-corrected chi connectivity index (χ4v) is 3.16. The highest BCUT2D eigenvalue weighted by atomic mass is 16.6. The molecular weight excluding hydrogens is 368 g/mol. The van der Waals surface area contributed by atoms with Crippen LogP contribution >= 0.6 is 0 Å². The van der Waals surface area contributed by atoms with E-state index in [1.807, 2.05) is 61.0 Å². The number of amides is 1. The molecule has 0 fully saturated rings. The van der Waals surface area contributed by atoms with Crippen molar-refractivity contribution in [1.82, 2.24) is 9.38 Å². The van der Waals surface area contributed by atoms with Crippen LogP contribution in [-0.4, -0.2) is 20.2 Å². The molecular formula is C22H18N4O3. The number of pyridine rings is 1. The van der Waals surface area contributed by atoms with Crippen LogP contribution < -0.4 is 5.32 Å². The Hall–Kier alpha value is -4.00. The maximum atomic E-state index is 12.6. The molecule has 0 saturated carbocycles. The van der Waals surface area contributed by atoms with Crippen LogP contribution in [0.3, 0.4) is 0 Å². The number of fused-ring (bicyclic) bond motifs is 1. The van der Waals surface area contributed by atoms with Gasteiger partial charge in [-0.25, -0.2) is 4.98 Å². The SMILES string of the molecule is Cc1ccc(-c2cn3cccc(C)c3n2)cc1NC(=O)c1cccc([N+](=O)[O-])c1. The minimum atomic E-state index is -0.520. The highest BCUT2D eigenvalue weighted by Crippen LogP contribution is 2.26. The van der Waals surface area contributed by atoms with Crippen LogP contribution in [-0.2, 0) is 0 Å². The van der Waals surface area contributed by atoms with E-state index in [1.54, 1.807) is 6.07 Å². The molecule has 4 aromatic rings. The van der Waals surface area contributed by atoms with Crippen molar-refractivity contribution in [2.45, 2.75) is 13.8 Å². The Morgan fingerprint density at radius 2 is 1.90 bits per heavy atom. The van der Waals surface area contributed by atoms with E-state index in [2.05, 4.69) is 5.32 Å². The third-order valence-electron chi connectivity index (χ3n) is 4.78. The summed E-state index contributed by atoms with van der Waals surface area (Å²) < 4.78 is 1.96. The van der Waals surface area contributed by atoms with Crippen molar-refractivity contribution in [3.05, 3.63) is 93.8 Å². The number of nitro groups is 1. The van der Waals surface area contributed by atoms with Crippen molar-refractivity contribution in [2.75, 3.05) is 5.32 Å². The van der Waals surface area contributed by atoms with Gasteiger partial charge in [-0.2, -0.15) is 0 Å². The van der Waals surface area contributed by atoms with Crippen molar-refractivity contribution in [3.63, 3.8) is 0 Å². The minimum absolute atomic E-state index is 0.122. The third kappa shape index (κ3) is 3.58. The third-order valence-corrected chi connectivity index (χ3v) is 4.78. The molecule has 0 unspecified atom stereocenters. The number of benzene rings is 2. The molecule has 144 valence electrons. The van der Waals surface area contributed by atoms with Crippen molar-refractivity contribution >= 4 is 22.9 Å². The van der Waals surface area contributed by atoms with Gasteiger partial charge in [0.25, 0.3) is 11.6 Å². The molecule has 0 aliphatic rings. The molecule has 0 spiro atoms. The Kier molecular flexibility index (Phi) is 4.56. The summed E-state index contributed by atoms with van der Waals surface area (Å²) in [6.07, 6.45) is 3.89. The van der Waals surface area contributed by atoms with Gasteiger partial charge in [-0.3, -0.25) is 14.9 Å². The second-order valence-corrected chi connectivity index (χ2v) is 6.84. The predicted molar refractivity (Wildman–Crippen MR) is 111 cm³/mol. The Morgan fingerprint density at radius 1 is 1.07 bits per heavy atom. The molecule has 0 aliphatic carbocycles. The smallest absolute Gasteiger partial charge is 0.270 e. The van der Waals surface area contributed by atoms with E-state index in [0.29, 0.717) is 5.69 Å². The standard InChI is InChI=1S/C22H18N4O3/c1-14-8-9-16(20-13-25-10-4-5-15(2)21(25)23-20)12-19(14)24-22(27)17-6-3-7-18(11-17)26(28)29/h3-13H,1-2H3,(H,24,27). The van der Waals surface area contributed by atoms with Gasteiger partial charge >= 0.3 is 0 Å². The average molecular weight is 386 g/mol. The summed E-state index contributed by atoms with van der Waals surface area (Å²) in [6, 6.07) is 15.4. The van der Waals surface area contributed by atoms with Crippen molar-refractivity contribution < 1.29 is 9.72 Å². The van der Waals surface area contributed by atoms with Crippen LogP contribution in [0.5, 0.6) is 0 Å². The van der Waals surface area contributed by atoms with E-state index < -0.39 is 10.8 Å². The van der Waals surface area contributed by atoms with Crippen LogP contribution in [0.4, 0.5) is 11.4 Å². The first-order valence-electron chi connectivity index (χ1n) is 9.03. The maximum absolute atomic E-state index is 12.6. The quantitative estimate of drug-likeness (QED) is 0.404. The van der Waals surface area contributed by atoms with Crippen LogP contribution in [0.25, 0.3) is 16.9 Å². The van der Waals surface area contributed by atoms with Gasteiger partial charge in [0.05, 0.1) is 10.6 Å². The summed E-state index contributed by atoms with van der Waals surface area (Å²) in [4.78, 5) is 27.8. The Labute approximate surface area is 166 Å². The van der Waals surface area contributed by atoms with E-state index in [4.69, 9.17) is 4.98 Å². The topological polar surface area (TPSA) is 89.5 Å². The first-order chi connectivity index (χ1) is 13.9. The largest absolute Gasteiger partial charge is 0.322 e. The molecule has 2 aromatic carbocycles. The van der Waals surface area contributed by atoms with Gasteiger partial charge in [-0.05, 0) is 43.2 Å². The Morgan fingerprint density at radius 3 is 2.66 bits per heavy atom. The molecule has 1 amide bonds. The molecule has 7 heteroatoms. The Balaban J connectivity index is 1.66. The molecule has 0 saturated heterocycles. The van der Waals surface area contributed by atoms with E-state index in [1.165, 1.54) is 18.2 Å². The number of aryl methyl sites for hydroxylation is 2. The number of nitrogens with one attached hydrogen (secondary N) is 1. The number of carbonyl (C=O) groups excluding carboxylic acids is 1. The van der Waals surface area contributed by atoms with Crippen LogP contribution in [0.15, 0.2) is 67.0 Å². The number of carbonyl (C=O) groups is 1. The van der Waals surface area contributed by atoms with Gasteiger partial charge in [0, 0.05) is 41.3 Å². The Bertz CT molecular complexity index is 1260. The van der Waals surface area contributed by atoms with Crippen molar-refractivity contribution in [2.24, 2.45) is 0 Å². The number of anilines is 1. The lowest BCUT2D eigenvalue weighted by Crippen LogP contribution is -2.13. The minimum Gasteiger partial charge on any atom is -0.322 e. The number of imidazole rings is 1. The van der Waals surface area contributed by atoms with Crippen LogP contribution in [0.1, 0.15) is 21.5 Å². The summed E-state index contributed by atoms with van der Waals surface area (Å²) in [5.41, 5.74) is 5.24. The monoisotopic (exact) mass is 386 g/mol. The summed E-state index contributed by atoms with van der Waals surface area (Å²) >= 11 is 0. The zero-order valence-corrected chi connectivity index (χ0v) is 15.9. The van der Waals surface area contributed by atoms with E-state index in [0.717, 1.165) is 28.0 Å². The molecule has 29 heavy (non-hydrogen) atoms. The predicted octanol–water partition coefficient (Wildman–Crippen LogP) is 4.78. The number of nitro benzene ring substituents is 1. The molecule has 0 bridgehead atoms. The number of rotatable bonds is 4. The van der Waals surface area contributed by atoms with Gasteiger partial charge < -0.3 is 9.72 Å². The fourth-order valence-electron chi connectivity index (χ4n) is 3.16. The molecule has 2 heterocycles. The first kappa shape index (κ1) is 18.4. The zero-order valence-electron chi connectivity index (χ0n) is 15.9. The summed E-state index contributed by atoms with van der Waals surface area (Å²) in [7, 11) is 0. The van der Waals surface area contributed by atoms with Crippen LogP contribution in [0.2, 0.25) is 0 Å². The van der Waals surface area contributed by atoms with E-state index in [-0.39, 0.29) is 11.3 Å². The number of hydrogen-bond acceptors (Lipinski definition) is 4. The van der Waals surface area contributed by atoms with E-state index >= 15 is 0 Å². The number of non-ortho nitro benzene ring substituents is 1. The van der Waals surface area contributed by atoms with Crippen molar-refractivity contribution in [1.29, 1.82) is 0 Å². The van der Waals surface area contributed by atoms with Gasteiger partial charge in [-0.15, -0.1) is 0 Å². The normalized spacial score (nSPS) is 10.8. The lowest BCUT2D eigenvalue weighted by molar-refractivity contribution is -0.384. The summed E-state index contributed by atoms with van der Waals surface area (Å²) in [5, 5.41) is 13.8. The van der Waals surface area contributed by atoms with Gasteiger partial charge in [0.1, 0.15) is 5.65 Å². The first-order valence-corrected chi connectivity index (χ1v) is 9.03. The molecule has 0 aliphatic heterocycles. The second kappa shape index (κ2) is 7.20. The van der Waals surface area contributed by atoms with E-state index in [9.17, 15) is 14.9 Å². The van der Waals surface area contributed by atoms with Crippen molar-refractivity contribution in [3.8, 4) is 11.3 Å². The summed E-state index contributed by atoms with van der Waals surface area (Å²) in [6.45, 7) is 3.90. The van der Waals surface area contributed by atoms with Crippen LogP contribution in [0, 0.1) is 24.0 Å². The number of nitrogens with zero attached hydrogens (tertiary/aromatic N) is 3. The zero-order chi connectivity index (χ0) is 20.5.